The van der Waals surface area contributed by atoms with Crippen LogP contribution in [0.5, 0.6) is 0 Å². The molecule has 0 saturated heterocycles. The van der Waals surface area contributed by atoms with Crippen molar-refractivity contribution in [3.63, 3.8) is 0 Å². The van der Waals surface area contributed by atoms with Crippen molar-refractivity contribution in [3.05, 3.63) is 61.2 Å². The van der Waals surface area contributed by atoms with Crippen molar-refractivity contribution in [2.24, 2.45) is 0 Å². The van der Waals surface area contributed by atoms with Gasteiger partial charge in [0.15, 0.2) is 0 Å². The van der Waals surface area contributed by atoms with E-state index in [4.69, 9.17) is 9.05 Å². The molecule has 0 N–H and O–H groups in total. The zero-order valence-corrected chi connectivity index (χ0v) is 12.2. The van der Waals surface area contributed by atoms with E-state index in [1.54, 1.807) is 19.1 Å². The summed E-state index contributed by atoms with van der Waals surface area (Å²) in [6, 6.07) is 9.87. The second-order valence-corrected chi connectivity index (χ2v) is 6.13. The molecule has 1 aromatic rings. The van der Waals surface area contributed by atoms with Crippen LogP contribution in [0.2, 0.25) is 0 Å². The summed E-state index contributed by atoms with van der Waals surface area (Å²) in [7, 11) is -3.12. The van der Waals surface area contributed by atoms with Crippen LogP contribution >= 0.6 is 7.60 Å². The van der Waals surface area contributed by atoms with Crippen LogP contribution in [0.4, 0.5) is 0 Å². The molecule has 2 unspecified atom stereocenters. The molecule has 0 spiro atoms. The molecule has 0 aliphatic rings. The number of hydrogen-bond donors (Lipinski definition) is 0. The first-order valence-electron chi connectivity index (χ1n) is 6.33. The van der Waals surface area contributed by atoms with Gasteiger partial charge in [-0.2, -0.15) is 0 Å². The predicted octanol–water partition coefficient (Wildman–Crippen LogP) is 4.22. The second kappa shape index (κ2) is 8.11. The fourth-order valence-electron chi connectivity index (χ4n) is 1.70. The van der Waals surface area contributed by atoms with E-state index in [-0.39, 0.29) is 12.3 Å². The molecule has 0 bridgehead atoms. The Morgan fingerprint density at radius 2 is 2.00 bits per heavy atom. The van der Waals surface area contributed by atoms with E-state index in [1.165, 1.54) is 0 Å². The van der Waals surface area contributed by atoms with E-state index in [0.717, 1.165) is 5.56 Å². The Kier molecular flexibility index (Phi) is 6.79. The molecular weight excluding hydrogens is 259 g/mol. The minimum Gasteiger partial charge on any atom is -0.309 e. The normalized spacial score (nSPS) is 15.4. The maximum absolute atomic E-state index is 12.4. The minimum absolute atomic E-state index is 0.208. The Labute approximate surface area is 115 Å². The highest BCUT2D eigenvalue weighted by Gasteiger charge is 2.25. The minimum atomic E-state index is -3.12. The van der Waals surface area contributed by atoms with Crippen LogP contribution in [0.15, 0.2) is 55.6 Å². The van der Waals surface area contributed by atoms with E-state index in [1.807, 2.05) is 30.3 Å². The SMILES string of the molecule is C=CCP(=O)(OCC)OC(C=C)Cc1ccccc1. The van der Waals surface area contributed by atoms with Crippen LogP contribution in [0.1, 0.15) is 12.5 Å². The standard InChI is InChI=1S/C15H21O3P/c1-4-12-19(16,17-6-3)18-15(5-2)13-14-10-8-7-9-11-14/h4-5,7-11,15H,1-2,6,12-13H2,3H3. The van der Waals surface area contributed by atoms with Crippen molar-refractivity contribution in [2.45, 2.75) is 19.4 Å². The van der Waals surface area contributed by atoms with Gasteiger partial charge in [0.25, 0.3) is 0 Å². The first kappa shape index (κ1) is 15.9. The van der Waals surface area contributed by atoms with Gasteiger partial charge in [-0.05, 0) is 12.5 Å². The maximum atomic E-state index is 12.4. The maximum Gasteiger partial charge on any atom is 0.334 e. The molecule has 3 nitrogen and oxygen atoms in total. The van der Waals surface area contributed by atoms with E-state index in [2.05, 4.69) is 13.2 Å². The number of rotatable bonds is 9. The highest BCUT2D eigenvalue weighted by molar-refractivity contribution is 7.54. The monoisotopic (exact) mass is 280 g/mol. The highest BCUT2D eigenvalue weighted by atomic mass is 31.2. The summed E-state index contributed by atoms with van der Waals surface area (Å²) >= 11 is 0. The Morgan fingerprint density at radius 3 is 2.53 bits per heavy atom. The molecule has 0 heterocycles. The van der Waals surface area contributed by atoms with Crippen LogP contribution in [-0.4, -0.2) is 18.9 Å². The van der Waals surface area contributed by atoms with Gasteiger partial charge in [0, 0.05) is 6.42 Å². The van der Waals surface area contributed by atoms with Gasteiger partial charge in [-0.3, -0.25) is 4.57 Å². The van der Waals surface area contributed by atoms with Gasteiger partial charge < -0.3 is 9.05 Å². The number of benzene rings is 1. The molecule has 0 amide bonds. The molecule has 0 fully saturated rings. The first-order chi connectivity index (χ1) is 9.13. The van der Waals surface area contributed by atoms with Gasteiger partial charge in [0.05, 0.1) is 18.9 Å². The van der Waals surface area contributed by atoms with Crippen molar-refractivity contribution in [3.8, 4) is 0 Å². The van der Waals surface area contributed by atoms with Crippen LogP contribution in [0.25, 0.3) is 0 Å². The lowest BCUT2D eigenvalue weighted by atomic mass is 10.1. The molecule has 0 saturated carbocycles. The van der Waals surface area contributed by atoms with Crippen molar-refractivity contribution in [1.29, 1.82) is 0 Å². The third-order valence-electron chi connectivity index (χ3n) is 2.52. The quantitative estimate of drug-likeness (QED) is 0.502. The molecule has 0 aromatic heterocycles. The van der Waals surface area contributed by atoms with Crippen LogP contribution in [0.3, 0.4) is 0 Å². The average molecular weight is 280 g/mol. The zero-order chi connectivity index (χ0) is 14.1. The van der Waals surface area contributed by atoms with E-state index in [9.17, 15) is 4.57 Å². The van der Waals surface area contributed by atoms with Crippen molar-refractivity contribution < 1.29 is 13.6 Å². The number of hydrogen-bond acceptors (Lipinski definition) is 3. The lowest BCUT2D eigenvalue weighted by Gasteiger charge is -2.21. The Bertz CT molecular complexity index is 442. The average Bonchev–Trinajstić information content (AvgIpc) is 2.39. The zero-order valence-electron chi connectivity index (χ0n) is 11.3. The highest BCUT2D eigenvalue weighted by Crippen LogP contribution is 2.49. The largest absolute Gasteiger partial charge is 0.334 e. The van der Waals surface area contributed by atoms with Crippen LogP contribution in [-0.2, 0) is 20.0 Å². The fraction of sp³-hybridized carbons (Fsp3) is 0.333. The molecule has 2 atom stereocenters. The summed E-state index contributed by atoms with van der Waals surface area (Å²) in [4.78, 5) is 0. The summed E-state index contributed by atoms with van der Waals surface area (Å²) in [5.74, 6) is 0. The second-order valence-electron chi connectivity index (χ2n) is 4.07. The van der Waals surface area contributed by atoms with Gasteiger partial charge in [-0.25, -0.2) is 0 Å². The van der Waals surface area contributed by atoms with Crippen molar-refractivity contribution in [2.75, 3.05) is 12.8 Å². The number of allylic oxidation sites excluding steroid dienone is 1. The summed E-state index contributed by atoms with van der Waals surface area (Å²) in [5.41, 5.74) is 1.11. The van der Waals surface area contributed by atoms with Crippen LogP contribution < -0.4 is 0 Å². The first-order valence-corrected chi connectivity index (χ1v) is 8.05. The Balaban J connectivity index is 2.72. The van der Waals surface area contributed by atoms with Crippen molar-refractivity contribution >= 4 is 7.60 Å². The summed E-state index contributed by atoms with van der Waals surface area (Å²) in [6.07, 6.45) is 3.71. The molecular formula is C15H21O3P. The molecule has 0 aliphatic carbocycles. The van der Waals surface area contributed by atoms with Gasteiger partial charge in [-0.1, -0.05) is 42.5 Å². The van der Waals surface area contributed by atoms with E-state index in [0.29, 0.717) is 13.0 Å². The molecule has 0 aliphatic heterocycles. The Hall–Kier alpha value is -1.15. The summed E-state index contributed by atoms with van der Waals surface area (Å²) < 4.78 is 23.3. The smallest absolute Gasteiger partial charge is 0.309 e. The molecule has 1 aromatic carbocycles. The predicted molar refractivity (Wildman–Crippen MR) is 79.5 cm³/mol. The lowest BCUT2D eigenvalue weighted by Crippen LogP contribution is -2.13. The van der Waals surface area contributed by atoms with E-state index < -0.39 is 7.60 Å². The van der Waals surface area contributed by atoms with Crippen LogP contribution in [0, 0.1) is 0 Å². The van der Waals surface area contributed by atoms with Gasteiger partial charge in [0.1, 0.15) is 0 Å². The summed E-state index contributed by atoms with van der Waals surface area (Å²) in [6.45, 7) is 9.46. The van der Waals surface area contributed by atoms with Gasteiger partial charge >= 0.3 is 7.60 Å². The Morgan fingerprint density at radius 1 is 1.32 bits per heavy atom. The fourth-order valence-corrected chi connectivity index (χ4v) is 3.23. The lowest BCUT2D eigenvalue weighted by molar-refractivity contribution is 0.180. The van der Waals surface area contributed by atoms with Gasteiger partial charge in [0.2, 0.25) is 0 Å². The molecule has 4 heteroatoms. The van der Waals surface area contributed by atoms with Gasteiger partial charge in [-0.15, -0.1) is 13.2 Å². The molecule has 0 radical (unpaired) electrons. The van der Waals surface area contributed by atoms with Crippen molar-refractivity contribution in [1.82, 2.24) is 0 Å². The third-order valence-corrected chi connectivity index (χ3v) is 4.47. The molecule has 104 valence electrons. The van der Waals surface area contributed by atoms with E-state index >= 15 is 0 Å². The molecule has 1 rings (SSSR count). The third kappa shape index (κ3) is 5.56. The topological polar surface area (TPSA) is 35.5 Å². The molecule has 19 heavy (non-hydrogen) atoms. The summed E-state index contributed by atoms with van der Waals surface area (Å²) in [5, 5.41) is 0.